The molecule has 1 aliphatic rings. The summed E-state index contributed by atoms with van der Waals surface area (Å²) in [5.74, 6) is 0.749. The van der Waals surface area contributed by atoms with Crippen molar-refractivity contribution in [2.24, 2.45) is 5.92 Å². The highest BCUT2D eigenvalue weighted by Crippen LogP contribution is 2.30. The first kappa shape index (κ1) is 18.7. The summed E-state index contributed by atoms with van der Waals surface area (Å²) in [7, 11) is 0. The SMILES string of the molecule is FC(F)(F)Cn1ccnc1CNC[C@@H]1CCc2nc(C(F)(F)F)cn2C1. The first-order valence-electron chi connectivity index (χ1n) is 8.02. The number of aromatic nitrogens is 4. The van der Waals surface area contributed by atoms with Crippen LogP contribution in [-0.2, 0) is 32.2 Å². The summed E-state index contributed by atoms with van der Waals surface area (Å²) in [6, 6.07) is 0. The number of alkyl halides is 6. The quantitative estimate of drug-likeness (QED) is 0.810. The first-order chi connectivity index (χ1) is 12.1. The molecule has 1 N–H and O–H groups in total. The molecule has 1 atom stereocenters. The maximum Gasteiger partial charge on any atom is 0.434 e. The normalized spacial score (nSPS) is 18.2. The molecule has 0 unspecified atom stereocenters. The highest BCUT2D eigenvalue weighted by molar-refractivity contribution is 5.10. The number of nitrogens with one attached hydrogen (secondary N) is 1. The Hall–Kier alpha value is -2.04. The molecule has 26 heavy (non-hydrogen) atoms. The fraction of sp³-hybridized carbons (Fsp3) is 0.600. The Kier molecular flexibility index (Phi) is 5.00. The molecule has 0 saturated carbocycles. The lowest BCUT2D eigenvalue weighted by atomic mass is 9.99. The Morgan fingerprint density at radius 2 is 1.96 bits per heavy atom. The molecule has 0 bridgehead atoms. The van der Waals surface area contributed by atoms with Crippen LogP contribution >= 0.6 is 0 Å². The van der Waals surface area contributed by atoms with Gasteiger partial charge in [-0.25, -0.2) is 9.97 Å². The minimum atomic E-state index is -4.46. The van der Waals surface area contributed by atoms with Gasteiger partial charge in [-0.1, -0.05) is 0 Å². The number of hydrogen-bond acceptors (Lipinski definition) is 3. The van der Waals surface area contributed by atoms with Gasteiger partial charge in [0.1, 0.15) is 18.2 Å². The summed E-state index contributed by atoms with van der Waals surface area (Å²) >= 11 is 0. The molecule has 144 valence electrons. The molecule has 0 amide bonds. The number of rotatable bonds is 5. The summed E-state index contributed by atoms with van der Waals surface area (Å²) in [6.45, 7) is -0.0868. The molecule has 3 rings (SSSR count). The van der Waals surface area contributed by atoms with Crippen molar-refractivity contribution in [3.8, 4) is 0 Å². The number of imidazole rings is 2. The van der Waals surface area contributed by atoms with E-state index >= 15 is 0 Å². The maximum absolute atomic E-state index is 12.7. The van der Waals surface area contributed by atoms with Gasteiger partial charge in [-0.05, 0) is 12.3 Å². The fourth-order valence-corrected chi connectivity index (χ4v) is 3.05. The minimum absolute atomic E-state index is 0.0730. The van der Waals surface area contributed by atoms with E-state index in [9.17, 15) is 26.3 Å². The highest BCUT2D eigenvalue weighted by Gasteiger charge is 2.35. The van der Waals surface area contributed by atoms with Crippen molar-refractivity contribution >= 4 is 0 Å². The lowest BCUT2D eigenvalue weighted by Crippen LogP contribution is -2.30. The van der Waals surface area contributed by atoms with Crippen LogP contribution in [0.15, 0.2) is 18.6 Å². The number of nitrogens with zero attached hydrogens (tertiary/aromatic N) is 4. The Labute approximate surface area is 145 Å². The van der Waals surface area contributed by atoms with Crippen molar-refractivity contribution in [2.75, 3.05) is 6.54 Å². The minimum Gasteiger partial charge on any atom is -0.334 e. The average molecular weight is 381 g/mol. The predicted octanol–water partition coefficient (Wildman–Crippen LogP) is 3.01. The van der Waals surface area contributed by atoms with E-state index in [1.165, 1.54) is 17.0 Å². The third kappa shape index (κ3) is 4.57. The van der Waals surface area contributed by atoms with Crippen LogP contribution in [0.2, 0.25) is 0 Å². The molecule has 2 aromatic rings. The number of fused-ring (bicyclic) bond motifs is 1. The van der Waals surface area contributed by atoms with E-state index in [2.05, 4.69) is 15.3 Å². The smallest absolute Gasteiger partial charge is 0.334 e. The van der Waals surface area contributed by atoms with Crippen LogP contribution in [0.4, 0.5) is 26.3 Å². The van der Waals surface area contributed by atoms with Crippen LogP contribution in [0.5, 0.6) is 0 Å². The van der Waals surface area contributed by atoms with Gasteiger partial charge in [-0.15, -0.1) is 0 Å². The van der Waals surface area contributed by atoms with Crippen LogP contribution in [0.1, 0.15) is 23.8 Å². The lowest BCUT2D eigenvalue weighted by molar-refractivity contribution is -0.141. The molecule has 0 spiro atoms. The van der Waals surface area contributed by atoms with Gasteiger partial charge in [0.05, 0.1) is 6.54 Å². The zero-order chi connectivity index (χ0) is 18.9. The summed E-state index contributed by atoms with van der Waals surface area (Å²) in [6.07, 6.45) is -4.11. The van der Waals surface area contributed by atoms with Crippen molar-refractivity contribution < 1.29 is 26.3 Å². The number of halogens is 6. The van der Waals surface area contributed by atoms with Gasteiger partial charge in [0.25, 0.3) is 0 Å². The molecular formula is C15H17F6N5. The third-order valence-corrected chi connectivity index (χ3v) is 4.25. The summed E-state index contributed by atoms with van der Waals surface area (Å²) < 4.78 is 78.1. The van der Waals surface area contributed by atoms with Crippen molar-refractivity contribution in [1.29, 1.82) is 0 Å². The summed E-state index contributed by atoms with van der Waals surface area (Å²) in [4.78, 5) is 7.53. The standard InChI is InChI=1S/C15H17F6N5/c16-14(17,18)9-25-4-3-23-13(25)6-22-5-10-1-2-12-24-11(15(19,20)21)8-26(12)7-10/h3-4,8,10,22H,1-2,5-7,9H2/t10-/m0/s1. The van der Waals surface area contributed by atoms with Crippen LogP contribution in [0.3, 0.4) is 0 Å². The summed E-state index contributed by atoms with van der Waals surface area (Å²) in [5.41, 5.74) is -0.893. The van der Waals surface area contributed by atoms with E-state index in [4.69, 9.17) is 0 Å². The zero-order valence-electron chi connectivity index (χ0n) is 13.6. The fourth-order valence-electron chi connectivity index (χ4n) is 3.05. The van der Waals surface area contributed by atoms with Gasteiger partial charge >= 0.3 is 12.4 Å². The Balaban J connectivity index is 1.53. The van der Waals surface area contributed by atoms with Crippen LogP contribution in [0, 0.1) is 5.92 Å². The van der Waals surface area contributed by atoms with Crippen molar-refractivity contribution in [1.82, 2.24) is 24.4 Å². The van der Waals surface area contributed by atoms with Gasteiger partial charge in [0.15, 0.2) is 5.69 Å². The molecule has 5 nitrogen and oxygen atoms in total. The van der Waals surface area contributed by atoms with Crippen LogP contribution in [0.25, 0.3) is 0 Å². The zero-order valence-corrected chi connectivity index (χ0v) is 13.6. The molecule has 2 aromatic heterocycles. The van der Waals surface area contributed by atoms with E-state index in [0.717, 1.165) is 10.8 Å². The van der Waals surface area contributed by atoms with E-state index in [-0.39, 0.29) is 18.3 Å². The molecule has 0 fully saturated rings. The van der Waals surface area contributed by atoms with E-state index in [1.54, 1.807) is 0 Å². The molecule has 0 saturated heterocycles. The van der Waals surface area contributed by atoms with Crippen molar-refractivity contribution in [3.63, 3.8) is 0 Å². The van der Waals surface area contributed by atoms with Gasteiger partial charge in [-0.2, -0.15) is 26.3 Å². The van der Waals surface area contributed by atoms with E-state index in [1.807, 2.05) is 0 Å². The summed E-state index contributed by atoms with van der Waals surface area (Å²) in [5, 5.41) is 3.04. The van der Waals surface area contributed by atoms with Gasteiger partial charge in [0.2, 0.25) is 0 Å². The van der Waals surface area contributed by atoms with Gasteiger partial charge in [0, 0.05) is 38.1 Å². The first-order valence-corrected chi connectivity index (χ1v) is 8.02. The van der Waals surface area contributed by atoms with Crippen molar-refractivity contribution in [2.45, 2.75) is 44.8 Å². The Bertz CT molecular complexity index is 745. The molecule has 0 aromatic carbocycles. The highest BCUT2D eigenvalue weighted by atomic mass is 19.4. The number of hydrogen-bond donors (Lipinski definition) is 1. The Morgan fingerprint density at radius 3 is 2.65 bits per heavy atom. The third-order valence-electron chi connectivity index (χ3n) is 4.25. The second-order valence-electron chi connectivity index (χ2n) is 6.31. The van der Waals surface area contributed by atoms with Crippen LogP contribution in [-0.4, -0.2) is 31.8 Å². The topological polar surface area (TPSA) is 47.7 Å². The largest absolute Gasteiger partial charge is 0.434 e. The molecule has 11 heteroatoms. The molecule has 3 heterocycles. The monoisotopic (exact) mass is 381 g/mol. The molecule has 1 aliphatic heterocycles. The maximum atomic E-state index is 12.7. The molecule has 0 aliphatic carbocycles. The lowest BCUT2D eigenvalue weighted by Gasteiger charge is -2.24. The van der Waals surface area contributed by atoms with Gasteiger partial charge < -0.3 is 14.5 Å². The Morgan fingerprint density at radius 1 is 1.19 bits per heavy atom. The number of aryl methyl sites for hydroxylation is 1. The average Bonchev–Trinajstić information content (AvgIpc) is 3.11. The van der Waals surface area contributed by atoms with Gasteiger partial charge in [-0.3, -0.25) is 0 Å². The second-order valence-corrected chi connectivity index (χ2v) is 6.31. The molecule has 0 radical (unpaired) electrons. The second kappa shape index (κ2) is 6.93. The molecular weight excluding hydrogens is 364 g/mol. The van der Waals surface area contributed by atoms with Crippen LogP contribution < -0.4 is 5.32 Å². The van der Waals surface area contributed by atoms with E-state index < -0.39 is 24.6 Å². The van der Waals surface area contributed by atoms with E-state index in [0.29, 0.717) is 31.8 Å². The predicted molar refractivity (Wildman–Crippen MR) is 79.0 cm³/mol. The van der Waals surface area contributed by atoms with Crippen molar-refractivity contribution in [3.05, 3.63) is 35.9 Å².